The first kappa shape index (κ1) is 21.8. The van der Waals surface area contributed by atoms with Gasteiger partial charge in [-0.3, -0.25) is 14.2 Å². The van der Waals surface area contributed by atoms with E-state index in [1.54, 1.807) is 0 Å². The molecule has 0 atom stereocenters. The lowest BCUT2D eigenvalue weighted by Crippen LogP contribution is -2.23. The van der Waals surface area contributed by atoms with Crippen LogP contribution in [0.3, 0.4) is 0 Å². The summed E-state index contributed by atoms with van der Waals surface area (Å²) in [6, 6.07) is 12.5. The zero-order valence-electron chi connectivity index (χ0n) is 17.4. The summed E-state index contributed by atoms with van der Waals surface area (Å²) in [4.78, 5) is 32.7. The Kier molecular flexibility index (Phi) is 5.99. The third-order valence-corrected chi connectivity index (χ3v) is 7.66. The number of hydrogen-bond donors (Lipinski definition) is 1. The number of benzene rings is 2. The van der Waals surface area contributed by atoms with E-state index in [1.807, 2.05) is 30.3 Å². The molecular weight excluding hydrogens is 464 g/mol. The quantitative estimate of drug-likeness (QED) is 0.308. The van der Waals surface area contributed by atoms with Gasteiger partial charge in [-0.05, 0) is 55.5 Å². The van der Waals surface area contributed by atoms with Gasteiger partial charge in [0.15, 0.2) is 5.16 Å². The second-order valence-electron chi connectivity index (χ2n) is 7.70. The molecule has 4 aromatic rings. The predicted octanol–water partition coefficient (Wildman–Crippen LogP) is 5.34. The van der Waals surface area contributed by atoms with Gasteiger partial charge in [0.25, 0.3) is 5.56 Å². The van der Waals surface area contributed by atoms with Gasteiger partial charge in [-0.25, -0.2) is 13.8 Å². The molecule has 5 rings (SSSR count). The second kappa shape index (κ2) is 9.07. The van der Waals surface area contributed by atoms with Crippen LogP contribution in [0.4, 0.5) is 14.5 Å². The van der Waals surface area contributed by atoms with E-state index in [1.165, 1.54) is 26.8 Å². The number of nitrogens with zero attached hydrogens (tertiary/aromatic N) is 2. The van der Waals surface area contributed by atoms with Crippen molar-refractivity contribution < 1.29 is 13.6 Å². The zero-order chi connectivity index (χ0) is 22.9. The summed E-state index contributed by atoms with van der Waals surface area (Å²) in [6.45, 7) is 0. The summed E-state index contributed by atoms with van der Waals surface area (Å²) >= 11 is 2.59. The van der Waals surface area contributed by atoms with Crippen molar-refractivity contribution in [2.45, 2.75) is 30.8 Å². The number of anilines is 1. The summed E-state index contributed by atoms with van der Waals surface area (Å²) in [5, 5.41) is 3.29. The number of carbonyl (C=O) groups excluding carboxylic acids is 1. The highest BCUT2D eigenvalue weighted by Gasteiger charge is 2.23. The number of amides is 1. The number of carbonyl (C=O) groups is 1. The van der Waals surface area contributed by atoms with E-state index in [2.05, 4.69) is 5.32 Å². The van der Waals surface area contributed by atoms with Crippen LogP contribution in [0.1, 0.15) is 23.3 Å². The van der Waals surface area contributed by atoms with E-state index in [9.17, 15) is 18.4 Å². The Labute approximate surface area is 196 Å². The topological polar surface area (TPSA) is 64.0 Å². The van der Waals surface area contributed by atoms with E-state index in [-0.39, 0.29) is 11.3 Å². The SMILES string of the molecule is O=C(CSc1nc2sc3c(c2c(=O)n1-c1ccccc1)CCCC3)Nc1c(F)cccc1F. The number of thioether (sulfide) groups is 1. The van der Waals surface area contributed by atoms with Gasteiger partial charge < -0.3 is 5.32 Å². The third kappa shape index (κ3) is 4.18. The number of nitrogens with one attached hydrogen (secondary N) is 1. The Bertz CT molecular complexity index is 1400. The number of hydrogen-bond acceptors (Lipinski definition) is 5. The van der Waals surface area contributed by atoms with Crippen molar-refractivity contribution in [3.8, 4) is 5.69 Å². The molecule has 9 heteroatoms. The summed E-state index contributed by atoms with van der Waals surface area (Å²) in [6.07, 6.45) is 3.96. The van der Waals surface area contributed by atoms with E-state index in [4.69, 9.17) is 4.98 Å². The van der Waals surface area contributed by atoms with Crippen LogP contribution in [-0.4, -0.2) is 21.2 Å². The van der Waals surface area contributed by atoms with Crippen LogP contribution in [-0.2, 0) is 17.6 Å². The maximum Gasteiger partial charge on any atom is 0.267 e. The first-order valence-electron chi connectivity index (χ1n) is 10.5. The van der Waals surface area contributed by atoms with Crippen molar-refractivity contribution in [2.75, 3.05) is 11.1 Å². The van der Waals surface area contributed by atoms with Gasteiger partial charge in [0.2, 0.25) is 5.91 Å². The molecule has 0 bridgehead atoms. The Morgan fingerprint density at radius 1 is 1.06 bits per heavy atom. The average molecular weight is 484 g/mol. The molecule has 1 aliphatic carbocycles. The summed E-state index contributed by atoms with van der Waals surface area (Å²) in [5.41, 5.74) is 1.09. The number of aryl methyl sites for hydroxylation is 2. The fourth-order valence-electron chi connectivity index (χ4n) is 4.01. The third-order valence-electron chi connectivity index (χ3n) is 5.53. The van der Waals surface area contributed by atoms with E-state index >= 15 is 0 Å². The Morgan fingerprint density at radius 3 is 2.55 bits per heavy atom. The fraction of sp³-hybridized carbons (Fsp3) is 0.208. The lowest BCUT2D eigenvalue weighted by atomic mass is 9.97. The van der Waals surface area contributed by atoms with Gasteiger partial charge in [-0.15, -0.1) is 11.3 Å². The van der Waals surface area contributed by atoms with Gasteiger partial charge in [-0.1, -0.05) is 36.0 Å². The molecule has 0 spiro atoms. The summed E-state index contributed by atoms with van der Waals surface area (Å²) < 4.78 is 29.3. The number of thiophene rings is 1. The van der Waals surface area contributed by atoms with Crippen LogP contribution in [0.5, 0.6) is 0 Å². The van der Waals surface area contributed by atoms with Crippen LogP contribution in [0.15, 0.2) is 58.5 Å². The first-order valence-corrected chi connectivity index (χ1v) is 12.3. The van der Waals surface area contributed by atoms with Crippen molar-refractivity contribution in [2.24, 2.45) is 0 Å². The smallest absolute Gasteiger partial charge is 0.267 e. The van der Waals surface area contributed by atoms with Gasteiger partial charge >= 0.3 is 0 Å². The van der Waals surface area contributed by atoms with Crippen molar-refractivity contribution in [1.29, 1.82) is 0 Å². The molecule has 168 valence electrons. The van der Waals surface area contributed by atoms with Gasteiger partial charge in [0.05, 0.1) is 16.8 Å². The fourth-order valence-corrected chi connectivity index (χ4v) is 6.13. The van der Waals surface area contributed by atoms with Crippen LogP contribution >= 0.6 is 23.1 Å². The molecule has 2 aromatic carbocycles. The second-order valence-corrected chi connectivity index (χ2v) is 9.72. The van der Waals surface area contributed by atoms with Gasteiger partial charge in [0, 0.05) is 4.88 Å². The first-order chi connectivity index (χ1) is 16.0. The highest BCUT2D eigenvalue weighted by molar-refractivity contribution is 7.99. The van der Waals surface area contributed by atoms with E-state index < -0.39 is 23.2 Å². The van der Waals surface area contributed by atoms with Crippen LogP contribution in [0, 0.1) is 11.6 Å². The largest absolute Gasteiger partial charge is 0.320 e. The monoisotopic (exact) mass is 483 g/mol. The molecule has 1 N–H and O–H groups in total. The molecule has 2 heterocycles. The van der Waals surface area contributed by atoms with E-state index in [0.29, 0.717) is 21.1 Å². The maximum absolute atomic E-state index is 13.9. The van der Waals surface area contributed by atoms with Gasteiger partial charge in [0.1, 0.15) is 22.2 Å². The number of halogens is 2. The van der Waals surface area contributed by atoms with Crippen LogP contribution in [0.25, 0.3) is 15.9 Å². The van der Waals surface area contributed by atoms with Crippen LogP contribution < -0.4 is 10.9 Å². The maximum atomic E-state index is 13.9. The van der Waals surface area contributed by atoms with Crippen molar-refractivity contribution in [3.05, 3.63) is 81.0 Å². The number of fused-ring (bicyclic) bond motifs is 3. The molecule has 0 radical (unpaired) electrons. The average Bonchev–Trinajstić information content (AvgIpc) is 3.19. The number of rotatable bonds is 5. The normalized spacial score (nSPS) is 13.2. The predicted molar refractivity (Wildman–Crippen MR) is 128 cm³/mol. The molecule has 0 saturated carbocycles. The minimum Gasteiger partial charge on any atom is -0.320 e. The Balaban J connectivity index is 1.52. The van der Waals surface area contributed by atoms with Crippen LogP contribution in [0.2, 0.25) is 0 Å². The number of aromatic nitrogens is 2. The van der Waals surface area contributed by atoms with Crippen molar-refractivity contribution in [1.82, 2.24) is 9.55 Å². The molecule has 0 unspecified atom stereocenters. The Hall–Kier alpha value is -3.04. The molecular formula is C24H19F2N3O2S2. The summed E-state index contributed by atoms with van der Waals surface area (Å²) in [5.74, 6) is -2.45. The van der Waals surface area contributed by atoms with E-state index in [0.717, 1.165) is 55.1 Å². The lowest BCUT2D eigenvalue weighted by molar-refractivity contribution is -0.113. The molecule has 0 fully saturated rings. The number of para-hydroxylation sites is 2. The molecule has 1 amide bonds. The summed E-state index contributed by atoms with van der Waals surface area (Å²) in [7, 11) is 0. The minimum absolute atomic E-state index is 0.159. The molecule has 0 aliphatic heterocycles. The van der Waals surface area contributed by atoms with Gasteiger partial charge in [-0.2, -0.15) is 0 Å². The highest BCUT2D eigenvalue weighted by atomic mass is 32.2. The Morgan fingerprint density at radius 2 is 1.79 bits per heavy atom. The highest BCUT2D eigenvalue weighted by Crippen LogP contribution is 2.35. The van der Waals surface area contributed by atoms with Crippen molar-refractivity contribution >= 4 is 44.9 Å². The molecule has 5 nitrogen and oxygen atoms in total. The molecule has 33 heavy (non-hydrogen) atoms. The van der Waals surface area contributed by atoms with Crippen molar-refractivity contribution in [3.63, 3.8) is 0 Å². The molecule has 0 saturated heterocycles. The minimum atomic E-state index is -0.849. The lowest BCUT2D eigenvalue weighted by Gasteiger charge is -2.13. The zero-order valence-corrected chi connectivity index (χ0v) is 19.1. The molecule has 2 aromatic heterocycles. The standard InChI is InChI=1S/C24H19F2N3O2S2/c25-16-10-6-11-17(26)21(16)27-19(30)13-32-24-28-22-20(15-9-4-5-12-18(15)33-22)23(31)29(24)14-7-2-1-3-8-14/h1-3,6-8,10-11H,4-5,9,12-13H2,(H,27,30). The molecule has 1 aliphatic rings.